The zero-order chi connectivity index (χ0) is 19.1. The minimum Gasteiger partial charge on any atom is -0.391 e. The first-order valence-corrected chi connectivity index (χ1v) is 10.2. The van der Waals surface area contributed by atoms with Crippen LogP contribution in [0.15, 0.2) is 34.9 Å². The maximum Gasteiger partial charge on any atom is 0.165 e. The first-order valence-electron chi connectivity index (χ1n) is 10.2. The van der Waals surface area contributed by atoms with Crippen LogP contribution < -0.4 is 0 Å². The van der Waals surface area contributed by atoms with E-state index in [9.17, 15) is 10.2 Å². The van der Waals surface area contributed by atoms with E-state index in [2.05, 4.69) is 17.9 Å². The standard InChI is InChI=1S/C23H30O4/c1-21(2)26-20-19(18-11-5-9-15-23(18,20)27-21)17(16-24)10-4-8-14-22(25)12-6-3-7-13-22/h8,11,14,20,24-25H,3,5-7,9,12-13,15-16H2,1-2H3/b14-8+,19-17+/t20-,23+/m0/s1. The predicted molar refractivity (Wildman–Crippen MR) is 104 cm³/mol. The van der Waals surface area contributed by atoms with Crippen LogP contribution in [0.2, 0.25) is 0 Å². The molecule has 0 aromatic heterocycles. The molecule has 4 rings (SSSR count). The van der Waals surface area contributed by atoms with E-state index in [1.165, 1.54) is 6.42 Å². The third kappa shape index (κ3) is 3.32. The summed E-state index contributed by atoms with van der Waals surface area (Å²) in [5, 5.41) is 20.5. The quantitative estimate of drug-likeness (QED) is 0.730. The third-order valence-corrected chi connectivity index (χ3v) is 6.26. The fourth-order valence-electron chi connectivity index (χ4n) is 5.05. The van der Waals surface area contributed by atoms with Crippen molar-refractivity contribution in [2.45, 2.75) is 88.3 Å². The zero-order valence-corrected chi connectivity index (χ0v) is 16.4. The van der Waals surface area contributed by atoms with Crippen LogP contribution in [0.1, 0.15) is 65.2 Å². The maximum atomic E-state index is 10.5. The van der Waals surface area contributed by atoms with E-state index in [4.69, 9.17) is 9.47 Å². The molecule has 0 aromatic rings. The molecule has 2 atom stereocenters. The summed E-state index contributed by atoms with van der Waals surface area (Å²) in [6.07, 6.45) is 13.6. The molecule has 4 heteroatoms. The predicted octanol–water partition coefficient (Wildman–Crippen LogP) is 3.54. The molecule has 0 amide bonds. The molecular formula is C23H30O4. The smallest absolute Gasteiger partial charge is 0.165 e. The topological polar surface area (TPSA) is 58.9 Å². The summed E-state index contributed by atoms with van der Waals surface area (Å²) in [6.45, 7) is 3.78. The molecule has 27 heavy (non-hydrogen) atoms. The van der Waals surface area contributed by atoms with E-state index in [1.807, 2.05) is 19.9 Å². The summed E-state index contributed by atoms with van der Waals surface area (Å²) in [4.78, 5) is 0. The Labute approximate surface area is 161 Å². The summed E-state index contributed by atoms with van der Waals surface area (Å²) in [5.74, 6) is 5.50. The van der Waals surface area contributed by atoms with Gasteiger partial charge in [0.25, 0.3) is 0 Å². The highest BCUT2D eigenvalue weighted by atomic mass is 16.8. The lowest BCUT2D eigenvalue weighted by atomic mass is 9.61. The second kappa shape index (κ2) is 6.90. The lowest BCUT2D eigenvalue weighted by Crippen LogP contribution is -2.55. The number of aliphatic hydroxyl groups excluding tert-OH is 1. The van der Waals surface area contributed by atoms with Gasteiger partial charge in [0.15, 0.2) is 5.79 Å². The Bertz CT molecular complexity index is 755. The molecule has 4 aliphatic rings. The van der Waals surface area contributed by atoms with Crippen molar-refractivity contribution in [3.8, 4) is 11.8 Å². The molecule has 146 valence electrons. The summed E-state index contributed by atoms with van der Waals surface area (Å²) in [5.41, 5.74) is 1.78. The van der Waals surface area contributed by atoms with Gasteiger partial charge >= 0.3 is 0 Å². The molecule has 1 aliphatic heterocycles. The third-order valence-electron chi connectivity index (χ3n) is 6.26. The molecule has 4 nitrogen and oxygen atoms in total. The average Bonchev–Trinajstić information content (AvgIpc) is 2.84. The number of aliphatic hydroxyl groups is 2. The lowest BCUT2D eigenvalue weighted by molar-refractivity contribution is -0.153. The second-order valence-corrected chi connectivity index (χ2v) is 8.72. The molecule has 0 radical (unpaired) electrons. The Morgan fingerprint density at radius 1 is 1.22 bits per heavy atom. The molecule has 1 saturated heterocycles. The van der Waals surface area contributed by atoms with E-state index in [0.717, 1.165) is 56.1 Å². The summed E-state index contributed by atoms with van der Waals surface area (Å²) in [7, 11) is 0. The first kappa shape index (κ1) is 19.0. The lowest BCUT2D eigenvalue weighted by Gasteiger charge is -2.49. The van der Waals surface area contributed by atoms with Gasteiger partial charge in [-0.3, -0.25) is 0 Å². The highest BCUT2D eigenvalue weighted by molar-refractivity contribution is 5.63. The summed E-state index contributed by atoms with van der Waals surface area (Å²) < 4.78 is 12.4. The Hall–Kier alpha value is -1.38. The van der Waals surface area contributed by atoms with E-state index in [-0.39, 0.29) is 18.3 Å². The van der Waals surface area contributed by atoms with Gasteiger partial charge in [-0.05, 0) is 63.7 Å². The van der Waals surface area contributed by atoms with Gasteiger partial charge in [0.1, 0.15) is 11.7 Å². The van der Waals surface area contributed by atoms with E-state index in [1.54, 1.807) is 6.08 Å². The molecular weight excluding hydrogens is 340 g/mol. The molecule has 1 heterocycles. The van der Waals surface area contributed by atoms with E-state index in [0.29, 0.717) is 5.57 Å². The average molecular weight is 370 g/mol. The van der Waals surface area contributed by atoms with Crippen molar-refractivity contribution in [2.24, 2.45) is 0 Å². The summed E-state index contributed by atoms with van der Waals surface area (Å²) >= 11 is 0. The molecule has 3 aliphatic carbocycles. The van der Waals surface area contributed by atoms with Gasteiger partial charge in [-0.25, -0.2) is 0 Å². The van der Waals surface area contributed by atoms with Crippen LogP contribution in [-0.4, -0.2) is 39.9 Å². The van der Waals surface area contributed by atoms with Crippen LogP contribution >= 0.6 is 0 Å². The number of ether oxygens (including phenoxy) is 2. The van der Waals surface area contributed by atoms with Crippen LogP contribution in [-0.2, 0) is 9.47 Å². The minimum atomic E-state index is -0.719. The van der Waals surface area contributed by atoms with E-state index < -0.39 is 11.4 Å². The zero-order valence-electron chi connectivity index (χ0n) is 16.4. The van der Waals surface area contributed by atoms with Gasteiger partial charge in [0.05, 0.1) is 12.2 Å². The van der Waals surface area contributed by atoms with Crippen molar-refractivity contribution in [3.63, 3.8) is 0 Å². The van der Waals surface area contributed by atoms with Crippen molar-refractivity contribution in [3.05, 3.63) is 34.9 Å². The van der Waals surface area contributed by atoms with Gasteiger partial charge in [-0.1, -0.05) is 37.2 Å². The van der Waals surface area contributed by atoms with Crippen molar-refractivity contribution >= 4 is 0 Å². The SMILES string of the molecule is CC1(C)O[C@H]2/C(=C(\C#C/C=C/C3(O)CCCCC3)CO)C3=CCCC[C@@]32O1. The largest absolute Gasteiger partial charge is 0.391 e. The van der Waals surface area contributed by atoms with Crippen LogP contribution in [0.25, 0.3) is 0 Å². The van der Waals surface area contributed by atoms with Crippen molar-refractivity contribution in [1.29, 1.82) is 0 Å². The van der Waals surface area contributed by atoms with Gasteiger partial charge in [-0.15, -0.1) is 0 Å². The summed E-state index contributed by atoms with van der Waals surface area (Å²) in [6, 6.07) is 0. The first-order chi connectivity index (χ1) is 12.9. The fourth-order valence-corrected chi connectivity index (χ4v) is 5.05. The molecule has 3 fully saturated rings. The Kier molecular flexibility index (Phi) is 4.84. The van der Waals surface area contributed by atoms with Gasteiger partial charge in [-0.2, -0.15) is 0 Å². The van der Waals surface area contributed by atoms with Crippen molar-refractivity contribution < 1.29 is 19.7 Å². The minimum absolute atomic E-state index is 0.117. The van der Waals surface area contributed by atoms with Crippen molar-refractivity contribution in [1.82, 2.24) is 0 Å². The van der Waals surface area contributed by atoms with Crippen LogP contribution in [0.5, 0.6) is 0 Å². The molecule has 2 saturated carbocycles. The Morgan fingerprint density at radius 2 is 2.00 bits per heavy atom. The molecule has 0 bridgehead atoms. The monoisotopic (exact) mass is 370 g/mol. The van der Waals surface area contributed by atoms with Crippen LogP contribution in [0, 0.1) is 11.8 Å². The van der Waals surface area contributed by atoms with Crippen molar-refractivity contribution in [2.75, 3.05) is 6.61 Å². The highest BCUT2D eigenvalue weighted by Gasteiger charge is 2.66. The highest BCUT2D eigenvalue weighted by Crippen LogP contribution is 2.60. The Balaban J connectivity index is 1.59. The van der Waals surface area contributed by atoms with E-state index >= 15 is 0 Å². The van der Waals surface area contributed by atoms with Crippen LogP contribution in [0.3, 0.4) is 0 Å². The molecule has 2 N–H and O–H groups in total. The normalized spacial score (nSPS) is 35.4. The second-order valence-electron chi connectivity index (χ2n) is 8.72. The number of hydrogen-bond acceptors (Lipinski definition) is 4. The molecule has 0 aromatic carbocycles. The maximum absolute atomic E-state index is 10.5. The molecule has 0 unspecified atom stereocenters. The van der Waals surface area contributed by atoms with Crippen LogP contribution in [0.4, 0.5) is 0 Å². The Morgan fingerprint density at radius 3 is 2.74 bits per heavy atom. The number of allylic oxidation sites excluding steroid dienone is 2. The van der Waals surface area contributed by atoms with Gasteiger partial charge in [0.2, 0.25) is 0 Å². The fraction of sp³-hybridized carbons (Fsp3) is 0.652. The molecule has 1 spiro atoms. The number of rotatable bonds is 2. The number of hydrogen-bond donors (Lipinski definition) is 2. The van der Waals surface area contributed by atoms with Gasteiger partial charge in [0, 0.05) is 11.1 Å². The van der Waals surface area contributed by atoms with Gasteiger partial charge < -0.3 is 19.7 Å².